The Morgan fingerprint density at radius 1 is 1.50 bits per heavy atom. The van der Waals surface area contributed by atoms with Gasteiger partial charge in [-0.15, -0.1) is 0 Å². The van der Waals surface area contributed by atoms with Crippen molar-refractivity contribution in [3.63, 3.8) is 0 Å². The highest BCUT2D eigenvalue weighted by molar-refractivity contribution is 5.78. The van der Waals surface area contributed by atoms with E-state index in [1.165, 1.54) is 10.9 Å². The lowest BCUT2D eigenvalue weighted by atomic mass is 10.1. The quantitative estimate of drug-likeness (QED) is 0.264. The fourth-order valence-corrected chi connectivity index (χ4v) is 2.48. The largest absolute Gasteiger partial charge is 0.394 e. The third kappa shape index (κ3) is 2.11. The number of nitrogens with one attached hydrogen (secondary N) is 1. The zero-order valence-electron chi connectivity index (χ0n) is 11.2. The second-order valence-corrected chi connectivity index (χ2v) is 4.80. The van der Waals surface area contributed by atoms with E-state index < -0.39 is 37.3 Å². The molecular formula is C10H14N8O4. The number of azide groups is 1. The van der Waals surface area contributed by atoms with Crippen LogP contribution in [0, 0.1) is 0 Å². The van der Waals surface area contributed by atoms with Crippen molar-refractivity contribution >= 4 is 18.1 Å². The molecule has 3 heterocycles. The predicted molar refractivity (Wildman–Crippen MR) is 73.1 cm³/mol. The zero-order valence-corrected chi connectivity index (χ0v) is 11.2. The van der Waals surface area contributed by atoms with Gasteiger partial charge in [0.15, 0.2) is 6.23 Å². The number of hydrogen-bond acceptors (Lipinski definition) is 9. The molecule has 0 spiro atoms. The molecule has 1 aromatic heterocycles. The maximum Gasteiger partial charge on any atom is 0.201 e. The first-order valence-corrected chi connectivity index (χ1v) is 6.42. The zero-order chi connectivity index (χ0) is 15.9. The molecule has 1 unspecified atom stereocenters. The number of aliphatic hydroxyl groups is 3. The number of nitrogens with two attached hydrogens (primary N) is 1. The molecule has 1 aromatic rings. The Kier molecular flexibility index (Phi) is 3.70. The van der Waals surface area contributed by atoms with Crippen molar-refractivity contribution < 1.29 is 20.1 Å². The molecule has 2 aliphatic heterocycles. The van der Waals surface area contributed by atoms with Crippen LogP contribution < -0.4 is 11.1 Å². The van der Waals surface area contributed by atoms with E-state index in [1.54, 1.807) is 0 Å². The molecule has 22 heavy (non-hydrogen) atoms. The van der Waals surface area contributed by atoms with Gasteiger partial charge >= 0.3 is 0 Å². The number of aliphatic hydroxyl groups excluding tert-OH is 3. The highest BCUT2D eigenvalue weighted by Crippen LogP contribution is 2.39. The summed E-state index contributed by atoms with van der Waals surface area (Å²) in [6.45, 7) is -0.475. The molecule has 2 aliphatic rings. The standard InChI is InChI=1S/C10H14N8O4/c11-7-4-8(14-2-13-7)18(10(15-4)16-17-12)9-6(21)5(20)3(1-19)22-9/h2-3,5-7,9,19-21H,1,11H2,(H,13,14)/t3-,5-,6-,7?,9-/m1/s1. The SMILES string of the molecule is [N-]=[N+]=Nc1nc2c(n1[C@@H]1O[C@H](CO)[C@@H](O)[C@H]1O)NC=NC2N. The molecule has 1 fully saturated rings. The molecule has 5 atom stereocenters. The number of ether oxygens (including phenoxy) is 1. The minimum Gasteiger partial charge on any atom is -0.394 e. The lowest BCUT2D eigenvalue weighted by Crippen LogP contribution is -2.33. The second kappa shape index (κ2) is 5.53. The number of hydrogen-bond donors (Lipinski definition) is 5. The molecule has 0 amide bonds. The maximum atomic E-state index is 10.1. The predicted octanol–water partition coefficient (Wildman–Crippen LogP) is -1.15. The van der Waals surface area contributed by atoms with Gasteiger partial charge in [0.05, 0.1) is 12.9 Å². The van der Waals surface area contributed by atoms with E-state index in [2.05, 4.69) is 25.3 Å². The van der Waals surface area contributed by atoms with E-state index in [4.69, 9.17) is 21.1 Å². The molecule has 0 radical (unpaired) electrons. The first-order chi connectivity index (χ1) is 10.6. The monoisotopic (exact) mass is 310 g/mol. The van der Waals surface area contributed by atoms with Crippen LogP contribution in [0.5, 0.6) is 0 Å². The molecule has 0 aliphatic carbocycles. The highest BCUT2D eigenvalue weighted by Gasteiger charge is 2.45. The second-order valence-electron chi connectivity index (χ2n) is 4.80. The summed E-state index contributed by atoms with van der Waals surface area (Å²) < 4.78 is 6.71. The van der Waals surface area contributed by atoms with Gasteiger partial charge in [0, 0.05) is 4.91 Å². The Morgan fingerprint density at radius 3 is 2.91 bits per heavy atom. The van der Waals surface area contributed by atoms with Crippen LogP contribution >= 0.6 is 0 Å². The average molecular weight is 310 g/mol. The summed E-state index contributed by atoms with van der Waals surface area (Å²) >= 11 is 0. The number of nitrogens with zero attached hydrogens (tertiary/aromatic N) is 6. The normalized spacial score (nSPS) is 33.2. The summed E-state index contributed by atoms with van der Waals surface area (Å²) in [5.74, 6) is 0.232. The van der Waals surface area contributed by atoms with Crippen molar-refractivity contribution in [2.45, 2.75) is 30.7 Å². The van der Waals surface area contributed by atoms with Crippen LogP contribution in [-0.4, -0.2) is 56.1 Å². The summed E-state index contributed by atoms with van der Waals surface area (Å²) in [5, 5.41) is 35.4. The summed E-state index contributed by atoms with van der Waals surface area (Å²) in [5.41, 5.74) is 14.8. The van der Waals surface area contributed by atoms with Crippen LogP contribution in [-0.2, 0) is 4.74 Å². The summed E-state index contributed by atoms with van der Waals surface area (Å²) in [4.78, 5) is 10.7. The number of fused-ring (bicyclic) bond motifs is 1. The van der Waals surface area contributed by atoms with Crippen molar-refractivity contribution in [3.8, 4) is 0 Å². The van der Waals surface area contributed by atoms with Gasteiger partial charge < -0.3 is 31.1 Å². The van der Waals surface area contributed by atoms with Crippen LogP contribution in [0.25, 0.3) is 10.4 Å². The molecule has 3 rings (SSSR count). The fraction of sp³-hybridized carbons (Fsp3) is 0.600. The Hall–Kier alpha value is -2.21. The number of imidazole rings is 1. The van der Waals surface area contributed by atoms with Crippen LogP contribution in [0.1, 0.15) is 18.1 Å². The van der Waals surface area contributed by atoms with Crippen molar-refractivity contribution in [2.75, 3.05) is 11.9 Å². The van der Waals surface area contributed by atoms with Gasteiger partial charge in [-0.1, -0.05) is 0 Å². The van der Waals surface area contributed by atoms with Crippen molar-refractivity contribution in [3.05, 3.63) is 16.1 Å². The van der Waals surface area contributed by atoms with Crippen LogP contribution in [0.15, 0.2) is 10.1 Å². The summed E-state index contributed by atoms with van der Waals surface area (Å²) in [7, 11) is 0. The van der Waals surface area contributed by atoms with Gasteiger partial charge in [0.1, 0.15) is 36.0 Å². The van der Waals surface area contributed by atoms with Gasteiger partial charge in [-0.05, 0) is 10.6 Å². The Labute approximate surface area is 123 Å². The van der Waals surface area contributed by atoms with E-state index in [0.717, 1.165) is 0 Å². The molecule has 12 nitrogen and oxygen atoms in total. The molecule has 12 heteroatoms. The lowest BCUT2D eigenvalue weighted by Gasteiger charge is -2.22. The minimum atomic E-state index is -1.35. The van der Waals surface area contributed by atoms with Gasteiger partial charge in [-0.2, -0.15) is 0 Å². The smallest absolute Gasteiger partial charge is 0.201 e. The first-order valence-electron chi connectivity index (χ1n) is 6.42. The van der Waals surface area contributed by atoms with Crippen LogP contribution in [0.3, 0.4) is 0 Å². The van der Waals surface area contributed by atoms with Crippen molar-refractivity contribution in [2.24, 2.45) is 15.8 Å². The molecule has 0 bridgehead atoms. The molecule has 0 aromatic carbocycles. The van der Waals surface area contributed by atoms with Crippen LogP contribution in [0.4, 0.5) is 11.8 Å². The Balaban J connectivity index is 2.09. The van der Waals surface area contributed by atoms with Gasteiger partial charge in [0.2, 0.25) is 5.95 Å². The molecular weight excluding hydrogens is 296 g/mol. The number of aliphatic imine (C=N–C) groups is 1. The maximum absolute atomic E-state index is 10.1. The minimum absolute atomic E-state index is 0.101. The van der Waals surface area contributed by atoms with Gasteiger partial charge in [0.25, 0.3) is 0 Å². The molecule has 6 N–H and O–H groups in total. The van der Waals surface area contributed by atoms with E-state index in [9.17, 15) is 10.2 Å². The van der Waals surface area contributed by atoms with E-state index in [-0.39, 0.29) is 5.95 Å². The van der Waals surface area contributed by atoms with Crippen molar-refractivity contribution in [1.29, 1.82) is 0 Å². The lowest BCUT2D eigenvalue weighted by molar-refractivity contribution is -0.0510. The fourth-order valence-electron chi connectivity index (χ4n) is 2.48. The third-order valence-electron chi connectivity index (χ3n) is 3.54. The Bertz CT molecular complexity index is 654. The number of anilines is 1. The highest BCUT2D eigenvalue weighted by atomic mass is 16.6. The average Bonchev–Trinajstić information content (AvgIpc) is 3.00. The van der Waals surface area contributed by atoms with Gasteiger partial charge in [-0.25, -0.2) is 4.98 Å². The van der Waals surface area contributed by atoms with Gasteiger partial charge in [-0.3, -0.25) is 9.56 Å². The topological polar surface area (TPSA) is 187 Å². The first kappa shape index (κ1) is 14.7. The Morgan fingerprint density at radius 2 is 2.27 bits per heavy atom. The summed E-state index contributed by atoms with van der Waals surface area (Å²) in [6.07, 6.45) is -4.13. The van der Waals surface area contributed by atoms with Crippen molar-refractivity contribution in [1.82, 2.24) is 9.55 Å². The van der Waals surface area contributed by atoms with E-state index in [1.807, 2.05) is 0 Å². The molecule has 118 valence electrons. The van der Waals surface area contributed by atoms with Crippen LogP contribution in [0.2, 0.25) is 0 Å². The van der Waals surface area contributed by atoms with E-state index >= 15 is 0 Å². The molecule has 1 saturated heterocycles. The number of aromatic nitrogens is 2. The number of rotatable bonds is 3. The van der Waals surface area contributed by atoms with E-state index in [0.29, 0.717) is 11.5 Å². The summed E-state index contributed by atoms with van der Waals surface area (Å²) in [6, 6.07) is 0. The third-order valence-corrected chi connectivity index (χ3v) is 3.54. The molecule has 0 saturated carbocycles.